The number of benzene rings is 5. The molecule has 1 N–H and O–H groups in total. The van der Waals surface area contributed by atoms with E-state index in [1.54, 1.807) is 25.1 Å². The van der Waals surface area contributed by atoms with Crippen LogP contribution in [0.4, 0.5) is 0 Å². The summed E-state index contributed by atoms with van der Waals surface area (Å²) in [6.07, 6.45) is 0.0924. The van der Waals surface area contributed by atoms with Crippen LogP contribution in [0.15, 0.2) is 131 Å². The summed E-state index contributed by atoms with van der Waals surface area (Å²) in [5, 5.41) is 10.9. The Morgan fingerprint density at radius 1 is 0.688 bits per heavy atom. The summed E-state index contributed by atoms with van der Waals surface area (Å²) in [6.45, 7) is 2.16. The standard InChI is InChI=1S/C39H32O9/c1-2-35(41)48-47-33-20-29(18-19-32(33)44-24-27-14-8-4-9-15-27)38-39(45-25-28-16-10-5-11-17-28)37(42)36-31(40)21-30(22-34(36)46-38)43-23-26-12-6-3-7-13-26/h3-22,40H,2,23-25H2,1H3. The van der Waals surface area contributed by atoms with E-state index >= 15 is 0 Å². The maximum atomic E-state index is 14.0. The molecule has 48 heavy (non-hydrogen) atoms. The first-order chi connectivity index (χ1) is 23.5. The van der Waals surface area contributed by atoms with Crippen LogP contribution in [-0.2, 0) is 29.5 Å². The summed E-state index contributed by atoms with van der Waals surface area (Å²) in [4.78, 5) is 36.4. The topological polar surface area (TPSA) is 114 Å². The summed E-state index contributed by atoms with van der Waals surface area (Å²) in [5.41, 5.74) is 2.52. The van der Waals surface area contributed by atoms with Crippen LogP contribution in [0, 0.1) is 0 Å². The average molecular weight is 645 g/mol. The molecule has 0 saturated heterocycles. The number of hydrogen-bond donors (Lipinski definition) is 1. The molecule has 0 spiro atoms. The fraction of sp³-hybridized carbons (Fsp3) is 0.128. The van der Waals surface area contributed by atoms with Gasteiger partial charge in [-0.3, -0.25) is 14.6 Å². The zero-order valence-electron chi connectivity index (χ0n) is 26.1. The van der Waals surface area contributed by atoms with Gasteiger partial charge < -0.3 is 23.7 Å². The van der Waals surface area contributed by atoms with Crippen LogP contribution in [-0.4, -0.2) is 11.1 Å². The minimum absolute atomic E-state index is 0.0544. The van der Waals surface area contributed by atoms with E-state index in [1.165, 1.54) is 12.1 Å². The summed E-state index contributed by atoms with van der Waals surface area (Å²) >= 11 is 0. The lowest BCUT2D eigenvalue weighted by atomic mass is 10.1. The first kappa shape index (κ1) is 31.7. The van der Waals surface area contributed by atoms with Crippen LogP contribution in [0.2, 0.25) is 0 Å². The largest absolute Gasteiger partial charge is 0.507 e. The smallest absolute Gasteiger partial charge is 0.355 e. The number of rotatable bonds is 13. The van der Waals surface area contributed by atoms with Gasteiger partial charge in [-0.1, -0.05) is 97.9 Å². The molecule has 0 unspecified atom stereocenters. The van der Waals surface area contributed by atoms with E-state index in [-0.39, 0.29) is 66.0 Å². The summed E-state index contributed by atoms with van der Waals surface area (Å²) < 4.78 is 24.4. The molecule has 9 nitrogen and oxygen atoms in total. The molecule has 9 heteroatoms. The van der Waals surface area contributed by atoms with Gasteiger partial charge in [0.2, 0.25) is 16.9 Å². The van der Waals surface area contributed by atoms with Crippen molar-refractivity contribution in [2.24, 2.45) is 0 Å². The second-order valence-corrected chi connectivity index (χ2v) is 10.8. The Hall–Kier alpha value is -6.22. The number of phenolic OH excluding ortho intramolecular Hbond substituents is 1. The lowest BCUT2D eigenvalue weighted by Crippen LogP contribution is -2.11. The summed E-state index contributed by atoms with van der Waals surface area (Å²) in [7, 11) is 0. The van der Waals surface area contributed by atoms with Gasteiger partial charge >= 0.3 is 5.97 Å². The van der Waals surface area contributed by atoms with Gasteiger partial charge in [0.1, 0.15) is 42.3 Å². The molecule has 0 fully saturated rings. The maximum absolute atomic E-state index is 14.0. The van der Waals surface area contributed by atoms with Crippen LogP contribution in [0.5, 0.6) is 28.7 Å². The summed E-state index contributed by atoms with van der Waals surface area (Å²) in [5.74, 6) is -0.313. The van der Waals surface area contributed by atoms with Crippen LogP contribution in [0.1, 0.15) is 30.0 Å². The van der Waals surface area contributed by atoms with Crippen molar-refractivity contribution in [2.45, 2.75) is 33.2 Å². The van der Waals surface area contributed by atoms with E-state index in [0.29, 0.717) is 11.3 Å². The van der Waals surface area contributed by atoms with Crippen LogP contribution < -0.4 is 24.5 Å². The highest BCUT2D eigenvalue weighted by atomic mass is 17.2. The van der Waals surface area contributed by atoms with Gasteiger partial charge in [0.05, 0.1) is 0 Å². The normalized spacial score (nSPS) is 10.8. The number of carbonyl (C=O) groups excluding carboxylic acids is 1. The van der Waals surface area contributed by atoms with E-state index in [4.69, 9.17) is 28.4 Å². The van der Waals surface area contributed by atoms with Crippen molar-refractivity contribution in [3.8, 4) is 40.1 Å². The van der Waals surface area contributed by atoms with Crippen molar-refractivity contribution in [3.63, 3.8) is 0 Å². The molecular weight excluding hydrogens is 612 g/mol. The monoisotopic (exact) mass is 644 g/mol. The average Bonchev–Trinajstić information content (AvgIpc) is 3.12. The SMILES string of the molecule is CCC(=O)OOc1cc(-c2oc3cc(OCc4ccccc4)cc(O)c3c(=O)c2OCc2ccccc2)ccc1OCc1ccccc1. The van der Waals surface area contributed by atoms with E-state index in [0.717, 1.165) is 16.7 Å². The molecular formula is C39H32O9. The van der Waals surface area contributed by atoms with Gasteiger partial charge in [-0.25, -0.2) is 4.79 Å². The molecule has 0 atom stereocenters. The highest BCUT2D eigenvalue weighted by molar-refractivity contribution is 5.88. The third-order valence-electron chi connectivity index (χ3n) is 7.34. The van der Waals surface area contributed by atoms with Crippen molar-refractivity contribution < 1.29 is 38.3 Å². The van der Waals surface area contributed by atoms with Gasteiger partial charge in [-0.2, -0.15) is 0 Å². The van der Waals surface area contributed by atoms with Crippen LogP contribution in [0.3, 0.4) is 0 Å². The molecule has 1 heterocycles. The van der Waals surface area contributed by atoms with Crippen LogP contribution >= 0.6 is 0 Å². The van der Waals surface area contributed by atoms with Crippen molar-refractivity contribution in [2.75, 3.05) is 0 Å². The Labute approximate surface area is 276 Å². The molecule has 1 aromatic heterocycles. The minimum atomic E-state index is -0.586. The predicted octanol–water partition coefficient (Wildman–Crippen LogP) is 8.15. The Morgan fingerprint density at radius 3 is 1.88 bits per heavy atom. The van der Waals surface area contributed by atoms with Gasteiger partial charge in [0.25, 0.3) is 0 Å². The molecule has 0 aliphatic carbocycles. The zero-order chi connectivity index (χ0) is 33.3. The van der Waals surface area contributed by atoms with E-state index in [1.807, 2.05) is 91.0 Å². The van der Waals surface area contributed by atoms with Crippen molar-refractivity contribution in [1.82, 2.24) is 0 Å². The molecule has 0 saturated carbocycles. The number of fused-ring (bicyclic) bond motifs is 1. The zero-order valence-corrected chi connectivity index (χ0v) is 26.1. The lowest BCUT2D eigenvalue weighted by Gasteiger charge is -2.15. The number of phenols is 1. The van der Waals surface area contributed by atoms with E-state index < -0.39 is 11.4 Å². The van der Waals surface area contributed by atoms with Gasteiger partial charge in [0.15, 0.2) is 11.5 Å². The molecule has 0 aliphatic heterocycles. The maximum Gasteiger partial charge on any atom is 0.355 e. The lowest BCUT2D eigenvalue weighted by molar-refractivity contribution is -0.213. The van der Waals surface area contributed by atoms with Crippen molar-refractivity contribution in [3.05, 3.63) is 148 Å². The third-order valence-corrected chi connectivity index (χ3v) is 7.34. The fourth-order valence-corrected chi connectivity index (χ4v) is 4.85. The van der Waals surface area contributed by atoms with Gasteiger partial charge in [-0.05, 0) is 28.8 Å². The molecule has 0 aliphatic rings. The Bertz CT molecular complexity index is 2060. The first-order valence-corrected chi connectivity index (χ1v) is 15.3. The highest BCUT2D eigenvalue weighted by Crippen LogP contribution is 2.40. The molecule has 6 rings (SSSR count). The molecule has 0 amide bonds. The highest BCUT2D eigenvalue weighted by Gasteiger charge is 2.23. The molecule has 0 radical (unpaired) electrons. The third kappa shape index (κ3) is 7.59. The fourth-order valence-electron chi connectivity index (χ4n) is 4.85. The van der Waals surface area contributed by atoms with Gasteiger partial charge in [0, 0.05) is 30.2 Å². The van der Waals surface area contributed by atoms with Crippen molar-refractivity contribution >= 4 is 16.9 Å². The molecule has 5 aromatic carbocycles. The van der Waals surface area contributed by atoms with Gasteiger partial charge in [-0.15, -0.1) is 0 Å². The van der Waals surface area contributed by atoms with E-state index in [9.17, 15) is 14.7 Å². The Kier molecular flexibility index (Phi) is 9.86. The quantitative estimate of drug-likeness (QED) is 0.0983. The molecule has 0 bridgehead atoms. The number of hydrogen-bond acceptors (Lipinski definition) is 9. The predicted molar refractivity (Wildman–Crippen MR) is 179 cm³/mol. The Balaban J connectivity index is 1.42. The number of carbonyl (C=O) groups is 1. The number of aromatic hydroxyl groups is 1. The summed E-state index contributed by atoms with van der Waals surface area (Å²) in [6, 6.07) is 36.1. The van der Waals surface area contributed by atoms with Crippen LogP contribution in [0.25, 0.3) is 22.3 Å². The Morgan fingerprint density at radius 2 is 1.27 bits per heavy atom. The number of ether oxygens (including phenoxy) is 3. The molecule has 6 aromatic rings. The second kappa shape index (κ2) is 14.9. The van der Waals surface area contributed by atoms with E-state index in [2.05, 4.69) is 0 Å². The minimum Gasteiger partial charge on any atom is -0.507 e. The van der Waals surface area contributed by atoms with Crippen molar-refractivity contribution in [1.29, 1.82) is 0 Å². The molecule has 242 valence electrons. The second-order valence-electron chi connectivity index (χ2n) is 10.8. The first-order valence-electron chi connectivity index (χ1n) is 15.3.